The molecule has 114 valence electrons. The highest BCUT2D eigenvalue weighted by atomic mass is 32.2. The molecule has 0 saturated carbocycles. The Balaban J connectivity index is 2.06. The molecule has 21 heavy (non-hydrogen) atoms. The van der Waals surface area contributed by atoms with Crippen molar-refractivity contribution in [3.63, 3.8) is 0 Å². The maximum absolute atomic E-state index is 12.1. The van der Waals surface area contributed by atoms with E-state index in [-0.39, 0.29) is 23.0 Å². The number of amides is 1. The fourth-order valence-electron chi connectivity index (χ4n) is 2.27. The molecular weight excluding hydrogens is 288 g/mol. The van der Waals surface area contributed by atoms with Crippen LogP contribution < -0.4 is 11.3 Å². The van der Waals surface area contributed by atoms with E-state index in [1.54, 1.807) is 6.08 Å². The molecule has 2 rings (SSSR count). The average molecular weight is 308 g/mol. The molecule has 0 bridgehead atoms. The van der Waals surface area contributed by atoms with Gasteiger partial charge in [0.25, 0.3) is 5.56 Å². The smallest absolute Gasteiger partial charge is 0.256 e. The Morgan fingerprint density at radius 3 is 2.81 bits per heavy atom. The van der Waals surface area contributed by atoms with Gasteiger partial charge in [-0.15, -0.1) is 6.58 Å². The van der Waals surface area contributed by atoms with Gasteiger partial charge in [0.1, 0.15) is 5.82 Å². The number of nitrogens with zero attached hydrogens (tertiary/aromatic N) is 3. The highest BCUT2D eigenvalue weighted by Gasteiger charge is 2.17. The average Bonchev–Trinajstić information content (AvgIpc) is 2.48. The van der Waals surface area contributed by atoms with Crippen molar-refractivity contribution in [3.8, 4) is 0 Å². The first-order valence-corrected chi connectivity index (χ1v) is 7.99. The molecule has 1 amide bonds. The van der Waals surface area contributed by atoms with Crippen molar-refractivity contribution >= 4 is 23.5 Å². The summed E-state index contributed by atoms with van der Waals surface area (Å²) in [7, 11) is 0. The molecule has 1 saturated heterocycles. The van der Waals surface area contributed by atoms with Gasteiger partial charge in [-0.25, -0.2) is 4.98 Å². The standard InChI is InChI=1S/C14H20N4O2S/c1-2-6-18-12(19)9-11(15)16-14(18)21-10-13(20)17-7-4-3-5-8-17/h2,9H,1,3-8,10,15H2. The van der Waals surface area contributed by atoms with Crippen LogP contribution in [-0.2, 0) is 11.3 Å². The molecule has 0 aliphatic carbocycles. The van der Waals surface area contributed by atoms with Crippen LogP contribution in [0.5, 0.6) is 0 Å². The maximum Gasteiger partial charge on any atom is 0.256 e. The summed E-state index contributed by atoms with van der Waals surface area (Å²) < 4.78 is 1.47. The number of aromatic nitrogens is 2. The molecule has 1 aromatic heterocycles. The van der Waals surface area contributed by atoms with Gasteiger partial charge in [0, 0.05) is 25.7 Å². The van der Waals surface area contributed by atoms with Gasteiger partial charge in [0.2, 0.25) is 5.91 Å². The van der Waals surface area contributed by atoms with E-state index in [4.69, 9.17) is 5.73 Å². The van der Waals surface area contributed by atoms with E-state index in [1.807, 2.05) is 4.90 Å². The van der Waals surface area contributed by atoms with Gasteiger partial charge in [-0.1, -0.05) is 17.8 Å². The molecule has 0 aromatic carbocycles. The largest absolute Gasteiger partial charge is 0.383 e. The van der Waals surface area contributed by atoms with Crippen molar-refractivity contribution in [2.45, 2.75) is 31.0 Å². The number of anilines is 1. The monoisotopic (exact) mass is 308 g/mol. The molecule has 7 heteroatoms. The number of rotatable bonds is 5. The summed E-state index contributed by atoms with van der Waals surface area (Å²) in [5.74, 6) is 0.530. The second-order valence-corrected chi connectivity index (χ2v) is 5.87. The maximum atomic E-state index is 12.1. The first kappa shape index (κ1) is 15.6. The van der Waals surface area contributed by atoms with Crippen LogP contribution in [0.3, 0.4) is 0 Å². The van der Waals surface area contributed by atoms with Gasteiger partial charge in [0.05, 0.1) is 5.75 Å². The molecule has 1 aliphatic rings. The number of carbonyl (C=O) groups excluding carboxylic acids is 1. The minimum atomic E-state index is -0.227. The van der Waals surface area contributed by atoms with Gasteiger partial charge >= 0.3 is 0 Å². The lowest BCUT2D eigenvalue weighted by atomic mass is 10.1. The number of likely N-dealkylation sites (tertiary alicyclic amines) is 1. The van der Waals surface area contributed by atoms with E-state index in [0.29, 0.717) is 11.7 Å². The predicted molar refractivity (Wildman–Crippen MR) is 84.3 cm³/mol. The third-order valence-corrected chi connectivity index (χ3v) is 4.30. The predicted octanol–water partition coefficient (Wildman–Crippen LogP) is 1.12. The van der Waals surface area contributed by atoms with E-state index >= 15 is 0 Å². The van der Waals surface area contributed by atoms with E-state index in [0.717, 1.165) is 25.9 Å². The Morgan fingerprint density at radius 1 is 1.43 bits per heavy atom. The first-order chi connectivity index (χ1) is 10.1. The summed E-state index contributed by atoms with van der Waals surface area (Å²) in [6, 6.07) is 1.28. The van der Waals surface area contributed by atoms with Crippen molar-refractivity contribution < 1.29 is 4.79 Å². The Morgan fingerprint density at radius 2 is 2.14 bits per heavy atom. The van der Waals surface area contributed by atoms with Crippen molar-refractivity contribution in [1.29, 1.82) is 0 Å². The molecular formula is C14H20N4O2S. The molecule has 0 radical (unpaired) electrons. The highest BCUT2D eigenvalue weighted by molar-refractivity contribution is 7.99. The van der Waals surface area contributed by atoms with E-state index in [2.05, 4.69) is 11.6 Å². The quantitative estimate of drug-likeness (QED) is 0.501. The van der Waals surface area contributed by atoms with Crippen molar-refractivity contribution in [3.05, 3.63) is 29.1 Å². The SMILES string of the molecule is C=CCn1c(SCC(=O)N2CCCCC2)nc(N)cc1=O. The number of allylic oxidation sites excluding steroid dienone is 1. The lowest BCUT2D eigenvalue weighted by molar-refractivity contribution is -0.129. The fourth-order valence-corrected chi connectivity index (χ4v) is 3.20. The van der Waals surface area contributed by atoms with Crippen LogP contribution >= 0.6 is 11.8 Å². The van der Waals surface area contributed by atoms with Crippen molar-refractivity contribution in [2.75, 3.05) is 24.6 Å². The Bertz CT molecular complexity index is 579. The zero-order chi connectivity index (χ0) is 15.2. The van der Waals surface area contributed by atoms with Gasteiger partial charge < -0.3 is 10.6 Å². The molecule has 1 aromatic rings. The number of nitrogen functional groups attached to an aromatic ring is 1. The lowest BCUT2D eigenvalue weighted by Crippen LogP contribution is -2.37. The Hall–Kier alpha value is -1.76. The minimum absolute atomic E-state index is 0.0847. The number of piperidine rings is 1. The fraction of sp³-hybridized carbons (Fsp3) is 0.500. The van der Waals surface area contributed by atoms with E-state index in [9.17, 15) is 9.59 Å². The van der Waals surface area contributed by atoms with Crippen molar-refractivity contribution in [1.82, 2.24) is 14.5 Å². The third kappa shape index (κ3) is 4.10. The van der Waals surface area contributed by atoms with Gasteiger partial charge in [0.15, 0.2) is 5.16 Å². The van der Waals surface area contributed by atoms with Crippen molar-refractivity contribution in [2.24, 2.45) is 0 Å². The van der Waals surface area contributed by atoms with Gasteiger partial charge in [-0.3, -0.25) is 14.2 Å². The van der Waals surface area contributed by atoms with Crippen LogP contribution in [0.25, 0.3) is 0 Å². The van der Waals surface area contributed by atoms with Gasteiger partial charge in [-0.05, 0) is 19.3 Å². The normalized spacial score (nSPS) is 15.0. The molecule has 1 aliphatic heterocycles. The summed E-state index contributed by atoms with van der Waals surface area (Å²) in [4.78, 5) is 30.1. The summed E-state index contributed by atoms with van der Waals surface area (Å²) in [5.41, 5.74) is 5.39. The second-order valence-electron chi connectivity index (χ2n) is 4.93. The zero-order valence-electron chi connectivity index (χ0n) is 12.0. The summed E-state index contributed by atoms with van der Waals surface area (Å²) >= 11 is 1.25. The molecule has 2 N–H and O–H groups in total. The van der Waals surface area contributed by atoms with Crippen LogP contribution in [0, 0.1) is 0 Å². The van der Waals surface area contributed by atoms with Crippen LogP contribution in [0.2, 0.25) is 0 Å². The molecule has 1 fully saturated rings. The molecule has 2 heterocycles. The molecule has 0 unspecified atom stereocenters. The molecule has 0 atom stereocenters. The lowest BCUT2D eigenvalue weighted by Gasteiger charge is -2.26. The summed E-state index contributed by atoms with van der Waals surface area (Å²) in [6.07, 6.45) is 4.94. The first-order valence-electron chi connectivity index (χ1n) is 7.00. The number of carbonyl (C=O) groups is 1. The number of hydrogen-bond donors (Lipinski definition) is 1. The number of nitrogens with two attached hydrogens (primary N) is 1. The van der Waals surface area contributed by atoms with E-state index < -0.39 is 0 Å². The van der Waals surface area contributed by atoms with Gasteiger partial charge in [-0.2, -0.15) is 0 Å². The second kappa shape index (κ2) is 7.31. The topological polar surface area (TPSA) is 81.2 Å². The van der Waals surface area contributed by atoms with Crippen LogP contribution in [-0.4, -0.2) is 39.2 Å². The number of thioether (sulfide) groups is 1. The number of hydrogen-bond acceptors (Lipinski definition) is 5. The van der Waals surface area contributed by atoms with Crippen LogP contribution in [0.4, 0.5) is 5.82 Å². The molecule has 6 nitrogen and oxygen atoms in total. The Labute approximate surface area is 128 Å². The highest BCUT2D eigenvalue weighted by Crippen LogP contribution is 2.17. The third-order valence-electron chi connectivity index (χ3n) is 3.34. The van der Waals surface area contributed by atoms with Crippen LogP contribution in [0.15, 0.2) is 28.7 Å². The van der Waals surface area contributed by atoms with E-state index in [1.165, 1.54) is 28.8 Å². The molecule has 0 spiro atoms. The van der Waals surface area contributed by atoms with Crippen LogP contribution in [0.1, 0.15) is 19.3 Å². The Kier molecular flexibility index (Phi) is 5.44. The summed E-state index contributed by atoms with van der Waals surface area (Å²) in [5, 5.41) is 0.463. The zero-order valence-corrected chi connectivity index (χ0v) is 12.8. The summed E-state index contributed by atoms with van der Waals surface area (Å²) in [6.45, 7) is 5.62. The minimum Gasteiger partial charge on any atom is -0.383 e.